The zero-order valence-electron chi connectivity index (χ0n) is 17.4. The summed E-state index contributed by atoms with van der Waals surface area (Å²) in [6.45, 7) is 8.24. The van der Waals surface area contributed by atoms with Crippen molar-refractivity contribution in [1.29, 1.82) is 0 Å². The van der Waals surface area contributed by atoms with E-state index in [2.05, 4.69) is 47.2 Å². The quantitative estimate of drug-likeness (QED) is 0.435. The van der Waals surface area contributed by atoms with Gasteiger partial charge in [-0.1, -0.05) is 49.7 Å². The first-order valence-corrected chi connectivity index (χ1v) is 10.6. The van der Waals surface area contributed by atoms with Gasteiger partial charge in [0, 0.05) is 29.6 Å². The van der Waals surface area contributed by atoms with E-state index in [9.17, 15) is 4.79 Å². The summed E-state index contributed by atoms with van der Waals surface area (Å²) in [6.07, 6.45) is 2.17. The number of fused-ring (bicyclic) bond motifs is 1. The SMILES string of the molecule is CCCCNC(=S)N(Cc1ccccc1)Cc1cc2c(C)cc(C)cc2[nH]c1=O. The Balaban J connectivity index is 1.90. The fraction of sp³-hybridized carbons (Fsp3) is 0.333. The van der Waals surface area contributed by atoms with Crippen LogP contribution in [-0.4, -0.2) is 21.5 Å². The van der Waals surface area contributed by atoms with Gasteiger partial charge in [0.1, 0.15) is 0 Å². The lowest BCUT2D eigenvalue weighted by Gasteiger charge is -2.26. The molecule has 0 radical (unpaired) electrons. The number of thiocarbonyl (C=S) groups is 1. The van der Waals surface area contributed by atoms with Gasteiger partial charge in [-0.05, 0) is 61.3 Å². The third kappa shape index (κ3) is 5.45. The summed E-state index contributed by atoms with van der Waals surface area (Å²) < 4.78 is 0. The Morgan fingerprint density at radius 2 is 1.86 bits per heavy atom. The van der Waals surface area contributed by atoms with Crippen LogP contribution in [0.1, 0.15) is 42.0 Å². The van der Waals surface area contributed by atoms with E-state index in [0.717, 1.165) is 52.5 Å². The predicted octanol–water partition coefficient (Wildman–Crippen LogP) is 4.82. The molecule has 2 aromatic carbocycles. The molecule has 0 saturated carbocycles. The van der Waals surface area contributed by atoms with Crippen molar-refractivity contribution in [2.75, 3.05) is 6.54 Å². The Morgan fingerprint density at radius 1 is 1.10 bits per heavy atom. The van der Waals surface area contributed by atoms with Crippen molar-refractivity contribution < 1.29 is 0 Å². The molecule has 152 valence electrons. The number of nitrogens with one attached hydrogen (secondary N) is 2. The maximum Gasteiger partial charge on any atom is 0.253 e. The summed E-state index contributed by atoms with van der Waals surface area (Å²) >= 11 is 5.67. The monoisotopic (exact) mass is 407 g/mol. The van der Waals surface area contributed by atoms with E-state index in [0.29, 0.717) is 18.2 Å². The molecule has 0 aliphatic rings. The number of unbranched alkanes of at least 4 members (excludes halogenated alkanes) is 1. The van der Waals surface area contributed by atoms with E-state index in [4.69, 9.17) is 12.2 Å². The molecule has 1 heterocycles. The second-order valence-electron chi connectivity index (χ2n) is 7.59. The maximum absolute atomic E-state index is 12.8. The molecule has 1 aromatic heterocycles. The van der Waals surface area contributed by atoms with E-state index < -0.39 is 0 Å². The highest BCUT2D eigenvalue weighted by molar-refractivity contribution is 7.80. The summed E-state index contributed by atoms with van der Waals surface area (Å²) in [5.41, 5.74) is 5.02. The molecule has 0 amide bonds. The molecular weight excluding hydrogens is 378 g/mol. The minimum Gasteiger partial charge on any atom is -0.363 e. The lowest BCUT2D eigenvalue weighted by Crippen LogP contribution is -2.40. The molecule has 5 heteroatoms. The highest BCUT2D eigenvalue weighted by Crippen LogP contribution is 2.19. The van der Waals surface area contributed by atoms with Gasteiger partial charge in [0.15, 0.2) is 5.11 Å². The maximum atomic E-state index is 12.8. The average molecular weight is 408 g/mol. The van der Waals surface area contributed by atoms with Gasteiger partial charge in [0.25, 0.3) is 5.56 Å². The first-order valence-electron chi connectivity index (χ1n) is 10.2. The number of pyridine rings is 1. The summed E-state index contributed by atoms with van der Waals surface area (Å²) in [5, 5.41) is 5.11. The Kier molecular flexibility index (Phi) is 7.04. The number of hydrogen-bond donors (Lipinski definition) is 2. The molecule has 0 saturated heterocycles. The van der Waals surface area contributed by atoms with Crippen molar-refractivity contribution in [3.8, 4) is 0 Å². The first-order chi connectivity index (χ1) is 14.0. The van der Waals surface area contributed by atoms with Crippen LogP contribution in [0, 0.1) is 13.8 Å². The van der Waals surface area contributed by atoms with Crippen molar-refractivity contribution in [1.82, 2.24) is 15.2 Å². The van der Waals surface area contributed by atoms with Crippen LogP contribution >= 0.6 is 12.2 Å². The lowest BCUT2D eigenvalue weighted by molar-refractivity contribution is 0.397. The van der Waals surface area contributed by atoms with E-state index >= 15 is 0 Å². The lowest BCUT2D eigenvalue weighted by atomic mass is 10.0. The molecular formula is C24H29N3OS. The van der Waals surface area contributed by atoms with Crippen LogP contribution in [0.2, 0.25) is 0 Å². The van der Waals surface area contributed by atoms with E-state index in [1.165, 1.54) is 0 Å². The fourth-order valence-corrected chi connectivity index (χ4v) is 3.76. The van der Waals surface area contributed by atoms with Gasteiger partial charge in [0.05, 0.1) is 6.54 Å². The number of nitrogens with zero attached hydrogens (tertiary/aromatic N) is 1. The highest BCUT2D eigenvalue weighted by Gasteiger charge is 2.14. The van der Waals surface area contributed by atoms with Gasteiger partial charge in [-0.2, -0.15) is 0 Å². The zero-order chi connectivity index (χ0) is 20.8. The molecule has 0 spiro atoms. The Labute approximate surface area is 178 Å². The van der Waals surface area contributed by atoms with Crippen LogP contribution in [0.25, 0.3) is 10.9 Å². The van der Waals surface area contributed by atoms with Crippen molar-refractivity contribution >= 4 is 28.2 Å². The average Bonchev–Trinajstić information content (AvgIpc) is 2.69. The van der Waals surface area contributed by atoms with Crippen molar-refractivity contribution in [2.24, 2.45) is 0 Å². The molecule has 3 rings (SSSR count). The molecule has 0 fully saturated rings. The number of rotatable bonds is 7. The number of hydrogen-bond acceptors (Lipinski definition) is 2. The van der Waals surface area contributed by atoms with Crippen LogP contribution < -0.4 is 10.9 Å². The van der Waals surface area contributed by atoms with Crippen LogP contribution in [0.5, 0.6) is 0 Å². The number of H-pyrrole nitrogens is 1. The molecule has 0 atom stereocenters. The molecule has 0 aliphatic heterocycles. The molecule has 4 nitrogen and oxygen atoms in total. The van der Waals surface area contributed by atoms with Crippen LogP contribution in [0.3, 0.4) is 0 Å². The summed E-state index contributed by atoms with van der Waals surface area (Å²) in [4.78, 5) is 17.9. The van der Waals surface area contributed by atoms with E-state index in [-0.39, 0.29) is 5.56 Å². The summed E-state index contributed by atoms with van der Waals surface area (Å²) in [7, 11) is 0. The standard InChI is InChI=1S/C24H29N3OS/c1-4-5-11-25-24(29)27(15-19-9-7-6-8-10-19)16-20-14-21-18(3)12-17(2)13-22(21)26-23(20)28/h6-10,12-14H,4-5,11,15-16H2,1-3H3,(H,25,29)(H,26,28). The molecule has 0 aliphatic carbocycles. The second-order valence-corrected chi connectivity index (χ2v) is 7.98. The van der Waals surface area contributed by atoms with Crippen molar-refractivity contribution in [3.63, 3.8) is 0 Å². The molecule has 2 N–H and O–H groups in total. The summed E-state index contributed by atoms with van der Waals surface area (Å²) in [6, 6.07) is 16.4. The van der Waals surface area contributed by atoms with Gasteiger partial charge >= 0.3 is 0 Å². The van der Waals surface area contributed by atoms with Gasteiger partial charge in [0.2, 0.25) is 0 Å². The van der Waals surface area contributed by atoms with E-state index in [1.54, 1.807) is 0 Å². The summed E-state index contributed by atoms with van der Waals surface area (Å²) in [5.74, 6) is 0. The van der Waals surface area contributed by atoms with Crippen LogP contribution in [-0.2, 0) is 13.1 Å². The number of aromatic amines is 1. The zero-order valence-corrected chi connectivity index (χ0v) is 18.2. The molecule has 0 unspecified atom stereocenters. The normalized spacial score (nSPS) is 10.9. The molecule has 29 heavy (non-hydrogen) atoms. The minimum absolute atomic E-state index is 0.0584. The molecule has 0 bridgehead atoms. The van der Waals surface area contributed by atoms with Crippen LogP contribution in [0.4, 0.5) is 0 Å². The van der Waals surface area contributed by atoms with Gasteiger partial charge < -0.3 is 15.2 Å². The fourth-order valence-electron chi connectivity index (χ4n) is 3.53. The van der Waals surface area contributed by atoms with Crippen molar-refractivity contribution in [2.45, 2.75) is 46.7 Å². The van der Waals surface area contributed by atoms with Gasteiger partial charge in [-0.3, -0.25) is 4.79 Å². The number of benzene rings is 2. The Bertz CT molecular complexity index is 1040. The van der Waals surface area contributed by atoms with Crippen LogP contribution in [0.15, 0.2) is 53.3 Å². The third-order valence-electron chi connectivity index (χ3n) is 5.06. The smallest absolute Gasteiger partial charge is 0.253 e. The third-order valence-corrected chi connectivity index (χ3v) is 5.46. The van der Waals surface area contributed by atoms with E-state index in [1.807, 2.05) is 37.3 Å². The largest absolute Gasteiger partial charge is 0.363 e. The second kappa shape index (κ2) is 9.70. The molecule has 3 aromatic rings. The van der Waals surface area contributed by atoms with Gasteiger partial charge in [-0.25, -0.2) is 0 Å². The van der Waals surface area contributed by atoms with Crippen molar-refractivity contribution in [3.05, 3.63) is 81.1 Å². The van der Waals surface area contributed by atoms with Gasteiger partial charge in [-0.15, -0.1) is 0 Å². The Hall–Kier alpha value is -2.66. The highest BCUT2D eigenvalue weighted by atomic mass is 32.1. The number of aryl methyl sites for hydroxylation is 2. The first kappa shape index (κ1) is 21.1. The predicted molar refractivity (Wildman–Crippen MR) is 125 cm³/mol. The Morgan fingerprint density at radius 3 is 2.59 bits per heavy atom. The topological polar surface area (TPSA) is 48.1 Å². The number of aromatic nitrogens is 1. The minimum atomic E-state index is -0.0584.